The quantitative estimate of drug-likeness (QED) is 0.756. The third-order valence-corrected chi connectivity index (χ3v) is 3.22. The number of anilines is 1. The molecule has 0 saturated carbocycles. The summed E-state index contributed by atoms with van der Waals surface area (Å²) in [5.41, 5.74) is 0.00381. The van der Waals surface area contributed by atoms with Gasteiger partial charge in [0.2, 0.25) is 5.91 Å². The largest absolute Gasteiger partial charge is 0.482 e. The second-order valence-electron chi connectivity index (χ2n) is 5.08. The lowest BCUT2D eigenvalue weighted by Crippen LogP contribution is -2.27. The molecule has 0 radical (unpaired) electrons. The zero-order valence-electron chi connectivity index (χ0n) is 13.2. The maximum absolute atomic E-state index is 12.3. The molecule has 10 heteroatoms. The number of carbonyl (C=O) groups excluding carboxylic acids is 2. The van der Waals surface area contributed by atoms with Crippen LogP contribution in [-0.2, 0) is 4.79 Å². The zero-order valence-corrected chi connectivity index (χ0v) is 14.0. The molecule has 0 fully saturated rings. The van der Waals surface area contributed by atoms with Crippen LogP contribution in [0.4, 0.5) is 18.9 Å². The zero-order chi connectivity index (χ0) is 19.2. The summed E-state index contributed by atoms with van der Waals surface area (Å²) in [6, 6.07) is 6.84. The highest BCUT2D eigenvalue weighted by molar-refractivity contribution is 6.31. The number of hydrogen-bond acceptors (Lipinski definition) is 4. The van der Waals surface area contributed by atoms with E-state index in [0.29, 0.717) is 0 Å². The van der Waals surface area contributed by atoms with Crippen LogP contribution in [0.1, 0.15) is 17.0 Å². The van der Waals surface area contributed by atoms with Crippen molar-refractivity contribution in [3.8, 4) is 5.75 Å². The molecule has 2 N–H and O–H groups in total. The van der Waals surface area contributed by atoms with E-state index in [1.807, 2.05) is 0 Å². The van der Waals surface area contributed by atoms with Crippen molar-refractivity contribution in [3.05, 3.63) is 47.4 Å². The van der Waals surface area contributed by atoms with E-state index in [4.69, 9.17) is 16.0 Å². The number of alkyl halides is 3. The molecule has 0 saturated heterocycles. The summed E-state index contributed by atoms with van der Waals surface area (Å²) in [5, 5.41) is 5.09. The first-order chi connectivity index (χ1) is 12.2. The Balaban J connectivity index is 1.89. The van der Waals surface area contributed by atoms with Crippen molar-refractivity contribution in [2.24, 2.45) is 0 Å². The van der Waals surface area contributed by atoms with Crippen molar-refractivity contribution >= 4 is 29.1 Å². The van der Waals surface area contributed by atoms with E-state index >= 15 is 0 Å². The molecule has 2 aromatic rings. The minimum absolute atomic E-state index is 0.00381. The van der Waals surface area contributed by atoms with E-state index in [0.717, 1.165) is 0 Å². The van der Waals surface area contributed by atoms with Gasteiger partial charge in [0.05, 0.1) is 12.0 Å². The van der Waals surface area contributed by atoms with Crippen LogP contribution in [0.2, 0.25) is 5.02 Å². The summed E-state index contributed by atoms with van der Waals surface area (Å²) in [7, 11) is 0. The van der Waals surface area contributed by atoms with Gasteiger partial charge in [0, 0.05) is 18.0 Å². The average molecular weight is 391 g/mol. The molecule has 1 aromatic carbocycles. The van der Waals surface area contributed by atoms with Gasteiger partial charge in [-0.1, -0.05) is 11.6 Å². The third-order valence-electron chi connectivity index (χ3n) is 2.99. The smallest absolute Gasteiger partial charge is 0.422 e. The molecule has 2 amide bonds. The fourth-order valence-corrected chi connectivity index (χ4v) is 2.05. The Bertz CT molecular complexity index is 763. The van der Waals surface area contributed by atoms with Crippen LogP contribution in [0, 0.1) is 0 Å². The lowest BCUT2D eigenvalue weighted by molar-refractivity contribution is -0.153. The minimum Gasteiger partial charge on any atom is -0.482 e. The van der Waals surface area contributed by atoms with Crippen LogP contribution in [0.25, 0.3) is 0 Å². The molecule has 0 unspecified atom stereocenters. The maximum Gasteiger partial charge on any atom is 0.422 e. The Labute approximate surface area is 151 Å². The molecule has 6 nitrogen and oxygen atoms in total. The van der Waals surface area contributed by atoms with E-state index in [2.05, 4.69) is 15.4 Å². The van der Waals surface area contributed by atoms with Crippen LogP contribution in [0.5, 0.6) is 5.75 Å². The lowest BCUT2D eigenvalue weighted by Gasteiger charge is -2.14. The number of furan rings is 1. The summed E-state index contributed by atoms with van der Waals surface area (Å²) < 4.78 is 46.4. The molecule has 1 heterocycles. The second kappa shape index (κ2) is 8.61. The molecule has 0 atom stereocenters. The first-order valence-electron chi connectivity index (χ1n) is 7.35. The van der Waals surface area contributed by atoms with Crippen molar-refractivity contribution in [1.82, 2.24) is 5.32 Å². The van der Waals surface area contributed by atoms with Crippen molar-refractivity contribution < 1.29 is 31.9 Å². The standard InChI is InChI=1S/C16H14ClF3N2O4/c17-10-3-4-12(26-9-16(18,19)20)11(8-10)22-14(23)5-6-21-15(24)13-2-1-7-25-13/h1-4,7-8H,5-6,9H2,(H,21,24)(H,22,23). The third kappa shape index (κ3) is 6.32. The highest BCUT2D eigenvalue weighted by atomic mass is 35.5. The van der Waals surface area contributed by atoms with E-state index in [1.165, 1.54) is 30.5 Å². The number of rotatable bonds is 7. The molecule has 26 heavy (non-hydrogen) atoms. The van der Waals surface area contributed by atoms with Gasteiger partial charge in [0.15, 0.2) is 12.4 Å². The van der Waals surface area contributed by atoms with Crippen molar-refractivity contribution in [2.75, 3.05) is 18.5 Å². The van der Waals surface area contributed by atoms with Crippen LogP contribution in [0.15, 0.2) is 41.0 Å². The first kappa shape index (κ1) is 19.6. The van der Waals surface area contributed by atoms with Crippen molar-refractivity contribution in [1.29, 1.82) is 0 Å². The van der Waals surface area contributed by atoms with E-state index in [1.54, 1.807) is 6.07 Å². The number of halogens is 4. The highest BCUT2D eigenvalue weighted by Gasteiger charge is 2.29. The Morgan fingerprint density at radius 1 is 1.23 bits per heavy atom. The number of nitrogens with one attached hydrogen (secondary N) is 2. The molecule has 0 bridgehead atoms. The average Bonchev–Trinajstić information content (AvgIpc) is 3.07. The van der Waals surface area contributed by atoms with Crippen molar-refractivity contribution in [3.63, 3.8) is 0 Å². The SMILES string of the molecule is O=C(CCNC(=O)c1ccco1)Nc1cc(Cl)ccc1OCC(F)(F)F. The number of hydrogen-bond donors (Lipinski definition) is 2. The summed E-state index contributed by atoms with van der Waals surface area (Å²) in [6.07, 6.45) is -3.29. The maximum atomic E-state index is 12.3. The van der Waals surface area contributed by atoms with E-state index in [9.17, 15) is 22.8 Å². The second-order valence-corrected chi connectivity index (χ2v) is 5.51. The van der Waals surface area contributed by atoms with E-state index < -0.39 is 24.6 Å². The predicted octanol–water partition coefficient (Wildman–Crippen LogP) is 3.63. The normalized spacial score (nSPS) is 11.1. The highest BCUT2D eigenvalue weighted by Crippen LogP contribution is 2.29. The minimum atomic E-state index is -4.52. The van der Waals surface area contributed by atoms with Gasteiger partial charge >= 0.3 is 6.18 Å². The number of benzene rings is 1. The van der Waals surface area contributed by atoms with Crippen LogP contribution in [0.3, 0.4) is 0 Å². The topological polar surface area (TPSA) is 80.6 Å². The summed E-state index contributed by atoms with van der Waals surface area (Å²) in [6.45, 7) is -1.50. The van der Waals surface area contributed by atoms with Gasteiger partial charge in [-0.3, -0.25) is 9.59 Å². The Hall–Kier alpha value is -2.68. The molecule has 1 aromatic heterocycles. The molecule has 0 spiro atoms. The molecule has 140 valence electrons. The monoisotopic (exact) mass is 390 g/mol. The van der Waals surface area contributed by atoms with Gasteiger partial charge < -0.3 is 19.8 Å². The Kier molecular flexibility index (Phi) is 6.51. The number of amides is 2. The Morgan fingerprint density at radius 3 is 2.65 bits per heavy atom. The fourth-order valence-electron chi connectivity index (χ4n) is 1.88. The lowest BCUT2D eigenvalue weighted by atomic mass is 10.2. The van der Waals surface area contributed by atoms with Gasteiger partial charge in [-0.2, -0.15) is 13.2 Å². The fraction of sp³-hybridized carbons (Fsp3) is 0.250. The Morgan fingerprint density at radius 2 is 2.00 bits per heavy atom. The molecule has 0 aliphatic carbocycles. The van der Waals surface area contributed by atoms with Gasteiger partial charge in [-0.25, -0.2) is 0 Å². The molecule has 2 rings (SSSR count). The summed E-state index contributed by atoms with van der Waals surface area (Å²) in [4.78, 5) is 23.6. The van der Waals surface area contributed by atoms with Gasteiger partial charge in [0.1, 0.15) is 5.75 Å². The molecule has 0 aliphatic rings. The molecular formula is C16H14ClF3N2O4. The summed E-state index contributed by atoms with van der Waals surface area (Å²) >= 11 is 5.80. The van der Waals surface area contributed by atoms with Gasteiger partial charge in [-0.05, 0) is 30.3 Å². The van der Waals surface area contributed by atoms with Crippen LogP contribution < -0.4 is 15.4 Å². The van der Waals surface area contributed by atoms with Gasteiger partial charge in [0.25, 0.3) is 5.91 Å². The van der Waals surface area contributed by atoms with Crippen LogP contribution in [-0.4, -0.2) is 31.1 Å². The number of ether oxygens (including phenoxy) is 1. The number of carbonyl (C=O) groups is 2. The van der Waals surface area contributed by atoms with E-state index in [-0.39, 0.29) is 35.2 Å². The molecule has 0 aliphatic heterocycles. The van der Waals surface area contributed by atoms with Crippen LogP contribution >= 0.6 is 11.6 Å². The van der Waals surface area contributed by atoms with Gasteiger partial charge in [-0.15, -0.1) is 0 Å². The van der Waals surface area contributed by atoms with Crippen molar-refractivity contribution in [2.45, 2.75) is 12.6 Å². The summed E-state index contributed by atoms with van der Waals surface area (Å²) in [5.74, 6) is -1.09. The first-order valence-corrected chi connectivity index (χ1v) is 7.73. The predicted molar refractivity (Wildman–Crippen MR) is 87.3 cm³/mol. The molecular weight excluding hydrogens is 377 g/mol.